The molecule has 0 aliphatic carbocycles. The molecule has 8 heteroatoms. The maximum absolute atomic E-state index is 12.3. The number of hydrogen-bond donors (Lipinski definition) is 0. The van der Waals surface area contributed by atoms with Gasteiger partial charge in [-0.15, -0.1) is 0 Å². The van der Waals surface area contributed by atoms with Crippen LogP contribution in [0.5, 0.6) is 0 Å². The van der Waals surface area contributed by atoms with E-state index in [0.717, 1.165) is 44.9 Å². The molecule has 0 aromatic rings. The second-order valence-electron chi connectivity index (χ2n) is 8.65. The number of rotatable bonds is 17. The summed E-state index contributed by atoms with van der Waals surface area (Å²) in [6.07, 6.45) is 6.84. The van der Waals surface area contributed by atoms with E-state index < -0.39 is 24.0 Å². The van der Waals surface area contributed by atoms with Gasteiger partial charge in [0.25, 0.3) is 0 Å². The van der Waals surface area contributed by atoms with Crippen molar-refractivity contribution >= 4 is 23.9 Å². The summed E-state index contributed by atoms with van der Waals surface area (Å²) in [5, 5.41) is 0. The van der Waals surface area contributed by atoms with Gasteiger partial charge in [0.05, 0.1) is 17.9 Å². The van der Waals surface area contributed by atoms with E-state index in [9.17, 15) is 19.2 Å². The van der Waals surface area contributed by atoms with Crippen molar-refractivity contribution in [1.29, 1.82) is 0 Å². The minimum absolute atomic E-state index is 0.0604. The molecule has 32 heavy (non-hydrogen) atoms. The number of hydrogen-bond acceptors (Lipinski definition) is 8. The molecule has 2 atom stereocenters. The average molecular weight is 459 g/mol. The molecular formula is C24H42O8. The van der Waals surface area contributed by atoms with Crippen LogP contribution in [-0.4, -0.2) is 49.3 Å². The van der Waals surface area contributed by atoms with E-state index in [2.05, 4.69) is 0 Å². The fourth-order valence-electron chi connectivity index (χ4n) is 3.01. The van der Waals surface area contributed by atoms with Crippen molar-refractivity contribution in [2.24, 2.45) is 11.8 Å². The van der Waals surface area contributed by atoms with Crippen molar-refractivity contribution in [1.82, 2.24) is 0 Å². The van der Waals surface area contributed by atoms with Crippen LogP contribution in [0.2, 0.25) is 0 Å². The Balaban J connectivity index is 3.99. The third kappa shape index (κ3) is 16.6. The lowest BCUT2D eigenvalue weighted by Crippen LogP contribution is -2.32. The summed E-state index contributed by atoms with van der Waals surface area (Å²) in [6, 6.07) is 0. The van der Waals surface area contributed by atoms with Crippen LogP contribution in [0.25, 0.3) is 0 Å². The third-order valence-electron chi connectivity index (χ3n) is 4.91. The first-order valence-corrected chi connectivity index (χ1v) is 11.7. The molecule has 0 N–H and O–H groups in total. The van der Waals surface area contributed by atoms with Crippen LogP contribution in [0.3, 0.4) is 0 Å². The highest BCUT2D eigenvalue weighted by Crippen LogP contribution is 2.17. The minimum atomic E-state index is -0.807. The van der Waals surface area contributed by atoms with Gasteiger partial charge >= 0.3 is 23.9 Å². The molecule has 0 aromatic heterocycles. The van der Waals surface area contributed by atoms with Gasteiger partial charge in [0.2, 0.25) is 0 Å². The zero-order valence-electron chi connectivity index (χ0n) is 20.6. The standard InChI is InChI=1S/C24H42O8/c1-17(2)31-23(27)18(3)13-11-9-7-8-10-12-14-19(4)24(28)32-22(15-29-20(5)25)16-30-21(6)26/h17-19,22H,7-16H2,1-6H3. The van der Waals surface area contributed by atoms with E-state index in [1.54, 1.807) is 6.92 Å². The summed E-state index contributed by atoms with van der Waals surface area (Å²) in [5.41, 5.74) is 0. The molecule has 0 saturated carbocycles. The Morgan fingerprint density at radius 2 is 0.969 bits per heavy atom. The molecule has 0 radical (unpaired) electrons. The Labute approximate surface area is 192 Å². The average Bonchev–Trinajstić information content (AvgIpc) is 2.70. The summed E-state index contributed by atoms with van der Waals surface area (Å²) in [7, 11) is 0. The van der Waals surface area contributed by atoms with Crippen molar-refractivity contribution in [2.45, 2.75) is 105 Å². The number of esters is 4. The first kappa shape index (κ1) is 29.9. The Kier molecular flexibility index (Phi) is 16.3. The van der Waals surface area contributed by atoms with Crippen LogP contribution in [0, 0.1) is 11.8 Å². The summed E-state index contributed by atoms with van der Waals surface area (Å²) in [5.74, 6) is -1.85. The van der Waals surface area contributed by atoms with E-state index in [-0.39, 0.29) is 37.1 Å². The highest BCUT2D eigenvalue weighted by Gasteiger charge is 2.22. The molecule has 0 spiro atoms. The molecule has 0 aromatic carbocycles. The van der Waals surface area contributed by atoms with Crippen molar-refractivity contribution in [3.8, 4) is 0 Å². The summed E-state index contributed by atoms with van der Waals surface area (Å²) >= 11 is 0. The summed E-state index contributed by atoms with van der Waals surface area (Å²) < 4.78 is 20.3. The van der Waals surface area contributed by atoms with Gasteiger partial charge in [-0.3, -0.25) is 19.2 Å². The lowest BCUT2D eigenvalue weighted by atomic mass is 10.00. The van der Waals surface area contributed by atoms with Crippen LogP contribution >= 0.6 is 0 Å². The maximum Gasteiger partial charge on any atom is 0.309 e. The van der Waals surface area contributed by atoms with Gasteiger partial charge in [-0.2, -0.15) is 0 Å². The Morgan fingerprint density at radius 1 is 0.594 bits per heavy atom. The molecule has 2 unspecified atom stereocenters. The van der Waals surface area contributed by atoms with E-state index in [1.165, 1.54) is 13.8 Å². The molecule has 0 fully saturated rings. The second kappa shape index (κ2) is 17.4. The monoisotopic (exact) mass is 458 g/mol. The molecule has 0 bridgehead atoms. The zero-order valence-corrected chi connectivity index (χ0v) is 20.6. The molecule has 0 amide bonds. The number of unbranched alkanes of at least 4 members (excludes halogenated alkanes) is 5. The molecule has 0 heterocycles. The van der Waals surface area contributed by atoms with Gasteiger partial charge < -0.3 is 18.9 Å². The Bertz CT molecular complexity index is 554. The Hall–Kier alpha value is -2.12. The van der Waals surface area contributed by atoms with Crippen molar-refractivity contribution in [3.63, 3.8) is 0 Å². The van der Waals surface area contributed by atoms with Crippen LogP contribution in [0.1, 0.15) is 92.9 Å². The summed E-state index contributed by atoms with van der Waals surface area (Å²) in [4.78, 5) is 46.0. The first-order chi connectivity index (χ1) is 15.0. The Morgan fingerprint density at radius 3 is 1.34 bits per heavy atom. The normalized spacial score (nSPS) is 12.9. The number of carbonyl (C=O) groups is 4. The van der Waals surface area contributed by atoms with E-state index >= 15 is 0 Å². The van der Waals surface area contributed by atoms with Gasteiger partial charge in [-0.25, -0.2) is 0 Å². The smallest absolute Gasteiger partial charge is 0.309 e. The van der Waals surface area contributed by atoms with Crippen LogP contribution in [-0.2, 0) is 38.1 Å². The fourth-order valence-corrected chi connectivity index (χ4v) is 3.01. The lowest BCUT2D eigenvalue weighted by Gasteiger charge is -2.19. The van der Waals surface area contributed by atoms with E-state index in [0.29, 0.717) is 6.42 Å². The first-order valence-electron chi connectivity index (χ1n) is 11.7. The maximum atomic E-state index is 12.3. The van der Waals surface area contributed by atoms with Gasteiger partial charge in [0, 0.05) is 13.8 Å². The van der Waals surface area contributed by atoms with Gasteiger partial charge in [0.1, 0.15) is 13.2 Å². The van der Waals surface area contributed by atoms with Gasteiger partial charge in [-0.1, -0.05) is 52.4 Å². The van der Waals surface area contributed by atoms with Crippen molar-refractivity contribution < 1.29 is 38.1 Å². The molecule has 0 aliphatic rings. The topological polar surface area (TPSA) is 105 Å². The molecule has 8 nitrogen and oxygen atoms in total. The van der Waals surface area contributed by atoms with Crippen molar-refractivity contribution in [3.05, 3.63) is 0 Å². The molecule has 186 valence electrons. The number of carbonyl (C=O) groups excluding carboxylic acids is 4. The predicted molar refractivity (Wildman–Crippen MR) is 120 cm³/mol. The summed E-state index contributed by atoms with van der Waals surface area (Å²) in [6.45, 7) is 9.65. The molecule has 0 aliphatic heterocycles. The third-order valence-corrected chi connectivity index (χ3v) is 4.91. The van der Waals surface area contributed by atoms with Crippen LogP contribution in [0.4, 0.5) is 0 Å². The van der Waals surface area contributed by atoms with E-state index in [4.69, 9.17) is 18.9 Å². The fraction of sp³-hybridized carbons (Fsp3) is 0.833. The lowest BCUT2D eigenvalue weighted by molar-refractivity contribution is -0.168. The molecular weight excluding hydrogens is 416 g/mol. The quantitative estimate of drug-likeness (QED) is 0.180. The van der Waals surface area contributed by atoms with Crippen molar-refractivity contribution in [2.75, 3.05) is 13.2 Å². The van der Waals surface area contributed by atoms with Crippen LogP contribution < -0.4 is 0 Å². The molecule has 0 rings (SSSR count). The highest BCUT2D eigenvalue weighted by atomic mass is 16.6. The minimum Gasteiger partial charge on any atom is -0.463 e. The molecule has 0 saturated heterocycles. The zero-order chi connectivity index (χ0) is 24.5. The number of ether oxygens (including phenoxy) is 4. The largest absolute Gasteiger partial charge is 0.463 e. The van der Waals surface area contributed by atoms with Gasteiger partial charge in [0.15, 0.2) is 6.10 Å². The van der Waals surface area contributed by atoms with Crippen LogP contribution in [0.15, 0.2) is 0 Å². The SMILES string of the molecule is CC(=O)OCC(COC(C)=O)OC(=O)C(C)CCCCCCCCC(C)C(=O)OC(C)C. The predicted octanol–water partition coefficient (Wildman–Crippen LogP) is 4.37. The second-order valence-corrected chi connectivity index (χ2v) is 8.65. The highest BCUT2D eigenvalue weighted by molar-refractivity contribution is 5.72. The van der Waals surface area contributed by atoms with Gasteiger partial charge in [-0.05, 0) is 26.7 Å². The van der Waals surface area contributed by atoms with E-state index in [1.807, 2.05) is 20.8 Å².